The molecule has 1 N–H and O–H groups in total. The van der Waals surface area contributed by atoms with Crippen molar-refractivity contribution in [3.8, 4) is 0 Å². The number of aryl methyl sites for hydroxylation is 1. The van der Waals surface area contributed by atoms with Crippen molar-refractivity contribution < 1.29 is 0 Å². The molecule has 1 aliphatic heterocycles. The van der Waals surface area contributed by atoms with Crippen LogP contribution in [0.1, 0.15) is 32.0 Å². The predicted molar refractivity (Wildman–Crippen MR) is 72.6 cm³/mol. The number of aromatic nitrogens is 2. The Morgan fingerprint density at radius 3 is 2.76 bits per heavy atom. The maximum absolute atomic E-state index is 4.31. The third kappa shape index (κ3) is 4.24. The van der Waals surface area contributed by atoms with Crippen LogP contribution >= 0.6 is 11.5 Å². The van der Waals surface area contributed by atoms with E-state index in [0.717, 1.165) is 17.5 Å². The summed E-state index contributed by atoms with van der Waals surface area (Å²) in [7, 11) is 0. The molecule has 17 heavy (non-hydrogen) atoms. The Balaban J connectivity index is 1.68. The third-order valence-electron chi connectivity index (χ3n) is 3.15. The van der Waals surface area contributed by atoms with Crippen molar-refractivity contribution in [1.29, 1.82) is 0 Å². The first-order valence-electron chi connectivity index (χ1n) is 6.50. The zero-order valence-corrected chi connectivity index (χ0v) is 11.6. The lowest BCUT2D eigenvalue weighted by Crippen LogP contribution is -2.35. The molecule has 0 bridgehead atoms. The Bertz CT molecular complexity index is 333. The summed E-state index contributed by atoms with van der Waals surface area (Å²) >= 11 is 1.45. The second-order valence-electron chi connectivity index (χ2n) is 4.99. The zero-order valence-electron chi connectivity index (χ0n) is 10.8. The molecule has 0 saturated carbocycles. The molecule has 1 aromatic rings. The molecular formula is C12H22N4S. The third-order valence-corrected chi connectivity index (χ3v) is 3.91. The molecule has 96 valence electrons. The Hall–Kier alpha value is -0.680. The van der Waals surface area contributed by atoms with Crippen LogP contribution in [0.4, 0.5) is 5.13 Å². The van der Waals surface area contributed by atoms with E-state index in [1.807, 2.05) is 6.92 Å². The molecule has 1 aliphatic rings. The number of piperidine rings is 1. The van der Waals surface area contributed by atoms with E-state index in [2.05, 4.69) is 26.5 Å². The summed E-state index contributed by atoms with van der Waals surface area (Å²) in [5.41, 5.74) is 0. The first-order valence-corrected chi connectivity index (χ1v) is 7.28. The monoisotopic (exact) mass is 254 g/mol. The maximum Gasteiger partial charge on any atom is 0.202 e. The lowest BCUT2D eigenvalue weighted by Gasteiger charge is -2.29. The Labute approximate surface area is 108 Å². The summed E-state index contributed by atoms with van der Waals surface area (Å²) in [5, 5.41) is 4.32. The number of anilines is 1. The fourth-order valence-corrected chi connectivity index (χ4v) is 2.86. The number of nitrogens with one attached hydrogen (secondary N) is 1. The molecule has 0 aromatic carbocycles. The smallest absolute Gasteiger partial charge is 0.202 e. The maximum atomic E-state index is 4.31. The molecule has 0 spiro atoms. The molecule has 1 unspecified atom stereocenters. The van der Waals surface area contributed by atoms with E-state index in [4.69, 9.17) is 0 Å². The fraction of sp³-hybridized carbons (Fsp3) is 0.833. The van der Waals surface area contributed by atoms with Crippen molar-refractivity contribution in [2.24, 2.45) is 5.92 Å². The van der Waals surface area contributed by atoms with Gasteiger partial charge in [-0.05, 0) is 38.8 Å². The molecule has 0 radical (unpaired) electrons. The normalized spacial score (nSPS) is 19.2. The highest BCUT2D eigenvalue weighted by Crippen LogP contribution is 2.13. The van der Waals surface area contributed by atoms with Crippen LogP contribution in [0, 0.1) is 12.8 Å². The second kappa shape index (κ2) is 6.31. The number of nitrogens with zero attached hydrogens (tertiary/aromatic N) is 3. The van der Waals surface area contributed by atoms with Crippen LogP contribution in [-0.2, 0) is 0 Å². The summed E-state index contributed by atoms with van der Waals surface area (Å²) in [6, 6.07) is 0. The van der Waals surface area contributed by atoms with E-state index in [1.165, 1.54) is 50.4 Å². The Morgan fingerprint density at radius 1 is 1.35 bits per heavy atom. The van der Waals surface area contributed by atoms with Crippen LogP contribution in [0.5, 0.6) is 0 Å². The molecule has 2 heterocycles. The van der Waals surface area contributed by atoms with Gasteiger partial charge >= 0.3 is 0 Å². The van der Waals surface area contributed by atoms with Crippen LogP contribution in [0.15, 0.2) is 0 Å². The van der Waals surface area contributed by atoms with Gasteiger partial charge in [-0.25, -0.2) is 4.98 Å². The van der Waals surface area contributed by atoms with Crippen LogP contribution in [0.2, 0.25) is 0 Å². The van der Waals surface area contributed by atoms with E-state index < -0.39 is 0 Å². The van der Waals surface area contributed by atoms with E-state index >= 15 is 0 Å². The number of hydrogen-bond acceptors (Lipinski definition) is 5. The van der Waals surface area contributed by atoms with Crippen LogP contribution in [-0.4, -0.2) is 40.4 Å². The van der Waals surface area contributed by atoms with Crippen molar-refractivity contribution in [1.82, 2.24) is 14.3 Å². The standard InChI is InChI=1S/C12H22N4S/c1-10(9-16-6-4-3-5-7-16)8-13-12-14-11(2)15-17-12/h10H,3-9H2,1-2H3,(H,13,14,15). The minimum atomic E-state index is 0.664. The number of hydrogen-bond donors (Lipinski definition) is 1. The van der Waals surface area contributed by atoms with Gasteiger partial charge in [0.15, 0.2) is 0 Å². The van der Waals surface area contributed by atoms with Gasteiger partial charge in [-0.1, -0.05) is 13.3 Å². The lowest BCUT2D eigenvalue weighted by molar-refractivity contribution is 0.204. The minimum absolute atomic E-state index is 0.664. The highest BCUT2D eigenvalue weighted by molar-refractivity contribution is 7.09. The van der Waals surface area contributed by atoms with Crippen molar-refractivity contribution in [3.05, 3.63) is 5.82 Å². The molecule has 0 aliphatic carbocycles. The van der Waals surface area contributed by atoms with E-state index in [-0.39, 0.29) is 0 Å². The fourth-order valence-electron chi connectivity index (χ4n) is 2.28. The van der Waals surface area contributed by atoms with E-state index in [0.29, 0.717) is 5.92 Å². The summed E-state index contributed by atoms with van der Waals surface area (Å²) < 4.78 is 4.17. The summed E-state index contributed by atoms with van der Waals surface area (Å²) in [4.78, 5) is 6.90. The van der Waals surface area contributed by atoms with Gasteiger partial charge in [-0.2, -0.15) is 4.37 Å². The lowest BCUT2D eigenvalue weighted by atomic mass is 10.1. The summed E-state index contributed by atoms with van der Waals surface area (Å²) in [6.07, 6.45) is 4.15. The topological polar surface area (TPSA) is 41.1 Å². The molecule has 5 heteroatoms. The molecule has 1 atom stereocenters. The van der Waals surface area contributed by atoms with Gasteiger partial charge in [0.2, 0.25) is 5.13 Å². The quantitative estimate of drug-likeness (QED) is 0.876. The molecule has 1 fully saturated rings. The molecule has 4 nitrogen and oxygen atoms in total. The molecular weight excluding hydrogens is 232 g/mol. The molecule has 1 saturated heterocycles. The second-order valence-corrected chi connectivity index (χ2v) is 5.75. The van der Waals surface area contributed by atoms with Gasteiger partial charge < -0.3 is 10.2 Å². The van der Waals surface area contributed by atoms with Gasteiger partial charge in [0.05, 0.1) is 0 Å². The largest absolute Gasteiger partial charge is 0.360 e. The number of likely N-dealkylation sites (tertiary alicyclic amines) is 1. The summed E-state index contributed by atoms with van der Waals surface area (Å²) in [5.74, 6) is 1.53. The van der Waals surface area contributed by atoms with Crippen LogP contribution in [0.25, 0.3) is 0 Å². The predicted octanol–water partition coefficient (Wildman–Crippen LogP) is 2.38. The highest BCUT2D eigenvalue weighted by atomic mass is 32.1. The molecule has 0 amide bonds. The van der Waals surface area contributed by atoms with Crippen molar-refractivity contribution >= 4 is 16.7 Å². The molecule has 1 aromatic heterocycles. The summed E-state index contributed by atoms with van der Waals surface area (Å²) in [6.45, 7) is 8.98. The first kappa shape index (κ1) is 12.8. The Kier molecular flexibility index (Phi) is 4.74. The Morgan fingerprint density at radius 2 is 2.12 bits per heavy atom. The van der Waals surface area contributed by atoms with Gasteiger partial charge in [0.1, 0.15) is 5.82 Å². The minimum Gasteiger partial charge on any atom is -0.360 e. The van der Waals surface area contributed by atoms with Gasteiger partial charge in [0, 0.05) is 24.6 Å². The number of rotatable bonds is 5. The average Bonchev–Trinajstić information content (AvgIpc) is 2.74. The van der Waals surface area contributed by atoms with Crippen LogP contribution in [0.3, 0.4) is 0 Å². The van der Waals surface area contributed by atoms with Crippen LogP contribution < -0.4 is 5.32 Å². The van der Waals surface area contributed by atoms with Crippen molar-refractivity contribution in [2.75, 3.05) is 31.5 Å². The van der Waals surface area contributed by atoms with Gasteiger partial charge in [-0.15, -0.1) is 0 Å². The SMILES string of the molecule is Cc1nsc(NCC(C)CN2CCCCC2)n1. The van der Waals surface area contributed by atoms with Gasteiger partial charge in [0.25, 0.3) is 0 Å². The van der Waals surface area contributed by atoms with E-state index in [1.54, 1.807) is 0 Å². The van der Waals surface area contributed by atoms with E-state index in [9.17, 15) is 0 Å². The first-order chi connectivity index (χ1) is 8.24. The van der Waals surface area contributed by atoms with Crippen molar-refractivity contribution in [2.45, 2.75) is 33.1 Å². The van der Waals surface area contributed by atoms with Gasteiger partial charge in [-0.3, -0.25) is 0 Å². The average molecular weight is 254 g/mol. The zero-order chi connectivity index (χ0) is 12.1. The highest BCUT2D eigenvalue weighted by Gasteiger charge is 2.13. The molecule has 2 rings (SSSR count). The van der Waals surface area contributed by atoms with Crippen molar-refractivity contribution in [3.63, 3.8) is 0 Å².